The second-order valence-corrected chi connectivity index (χ2v) is 12.4. The zero-order valence-electron chi connectivity index (χ0n) is 23.5. The number of hydrogen-bond acceptors (Lipinski definition) is 6. The quantitative estimate of drug-likeness (QED) is 0.400. The van der Waals surface area contributed by atoms with Crippen LogP contribution >= 0.6 is 0 Å². The highest BCUT2D eigenvalue weighted by molar-refractivity contribution is 7.89. The van der Waals surface area contributed by atoms with Gasteiger partial charge in [-0.15, -0.1) is 0 Å². The molecule has 0 atom stereocenters. The Morgan fingerprint density at radius 3 is 2.32 bits per heavy atom. The number of carbonyl (C=O) groups excluding carboxylic acids is 2. The minimum Gasteiger partial charge on any atom is -0.379 e. The minimum atomic E-state index is -3.84. The molecule has 2 aliphatic heterocycles. The lowest BCUT2D eigenvalue weighted by molar-refractivity contribution is -0.132. The van der Waals surface area contributed by atoms with Gasteiger partial charge in [0.15, 0.2) is 0 Å². The first-order valence-corrected chi connectivity index (χ1v) is 15.8. The van der Waals surface area contributed by atoms with E-state index in [1.807, 2.05) is 42.2 Å². The molecule has 0 saturated carbocycles. The van der Waals surface area contributed by atoms with Crippen molar-refractivity contribution in [1.82, 2.24) is 14.5 Å². The van der Waals surface area contributed by atoms with Crippen LogP contribution in [0.4, 0.5) is 5.69 Å². The summed E-state index contributed by atoms with van der Waals surface area (Å²) in [6.45, 7) is 7.18. The maximum absolute atomic E-state index is 13.5. The summed E-state index contributed by atoms with van der Waals surface area (Å²) in [4.78, 5) is 30.0. The van der Waals surface area contributed by atoms with Crippen molar-refractivity contribution in [2.24, 2.45) is 0 Å². The summed E-state index contributed by atoms with van der Waals surface area (Å²) in [6.07, 6.45) is 2.46. The molecule has 2 aliphatic rings. The average molecular weight is 579 g/mol. The van der Waals surface area contributed by atoms with E-state index in [1.54, 1.807) is 30.3 Å². The number of sulfonamides is 1. The highest BCUT2D eigenvalue weighted by Gasteiger charge is 2.28. The topological polar surface area (TPSA) is 108 Å². The molecule has 3 aromatic carbocycles. The largest absolute Gasteiger partial charge is 0.379 e. The second kappa shape index (κ2) is 13.1. The number of nitrogens with zero attached hydrogens (tertiary/aromatic N) is 2. The lowest BCUT2D eigenvalue weighted by atomic mass is 10.1. The van der Waals surface area contributed by atoms with E-state index in [0.29, 0.717) is 54.4 Å². The molecule has 0 radical (unpaired) electrons. The van der Waals surface area contributed by atoms with Crippen molar-refractivity contribution in [3.63, 3.8) is 0 Å². The van der Waals surface area contributed by atoms with Gasteiger partial charge in [-0.3, -0.25) is 14.5 Å². The van der Waals surface area contributed by atoms with Crippen LogP contribution < -0.4 is 10.0 Å². The van der Waals surface area contributed by atoms with Gasteiger partial charge in [-0.1, -0.05) is 42.5 Å². The Bertz CT molecular complexity index is 1500. The molecular formula is C31H38N4O5S. The molecule has 41 heavy (non-hydrogen) atoms. The molecule has 218 valence electrons. The van der Waals surface area contributed by atoms with Crippen LogP contribution in [0.1, 0.15) is 41.6 Å². The van der Waals surface area contributed by atoms with Crippen molar-refractivity contribution >= 4 is 38.3 Å². The number of amides is 2. The third kappa shape index (κ3) is 7.13. The number of benzene rings is 3. The number of nitrogens with one attached hydrogen (secondary N) is 2. The number of piperidine rings is 1. The Morgan fingerprint density at radius 1 is 0.902 bits per heavy atom. The number of carbonyl (C=O) groups is 2. The Hall–Kier alpha value is -3.31. The smallest absolute Gasteiger partial charge is 0.255 e. The molecule has 5 rings (SSSR count). The van der Waals surface area contributed by atoms with E-state index in [0.717, 1.165) is 44.8 Å². The molecule has 2 saturated heterocycles. The van der Waals surface area contributed by atoms with E-state index in [4.69, 9.17) is 4.74 Å². The van der Waals surface area contributed by atoms with Gasteiger partial charge in [0.1, 0.15) is 0 Å². The van der Waals surface area contributed by atoms with E-state index in [9.17, 15) is 18.0 Å². The lowest BCUT2D eigenvalue weighted by Crippen LogP contribution is -2.46. The number of ether oxygens (including phenoxy) is 1. The highest BCUT2D eigenvalue weighted by Crippen LogP contribution is 2.30. The maximum atomic E-state index is 13.5. The summed E-state index contributed by atoms with van der Waals surface area (Å²) in [5.41, 5.74) is 1.98. The minimum absolute atomic E-state index is 0.133. The molecule has 9 nitrogen and oxygen atoms in total. The fourth-order valence-corrected chi connectivity index (χ4v) is 7.11. The summed E-state index contributed by atoms with van der Waals surface area (Å²) >= 11 is 0. The van der Waals surface area contributed by atoms with Crippen LogP contribution in [0.5, 0.6) is 0 Å². The summed E-state index contributed by atoms with van der Waals surface area (Å²) in [7, 11) is -3.84. The van der Waals surface area contributed by atoms with Crippen LogP contribution in [0.25, 0.3) is 10.8 Å². The SMILES string of the molecule is Cc1ccccc1C(=O)Nc1ccc(S(=O)(=O)NC2CCN(C(=O)CCCN3CCOCC3)CC2)c2ccccc12. The van der Waals surface area contributed by atoms with Crippen molar-refractivity contribution in [3.05, 3.63) is 71.8 Å². The third-order valence-corrected chi connectivity index (χ3v) is 9.53. The molecule has 0 bridgehead atoms. The molecule has 2 amide bonds. The Balaban J connectivity index is 1.20. The van der Waals surface area contributed by atoms with E-state index >= 15 is 0 Å². The van der Waals surface area contributed by atoms with Gasteiger partial charge >= 0.3 is 0 Å². The van der Waals surface area contributed by atoms with Gasteiger partial charge in [0.25, 0.3) is 5.91 Å². The van der Waals surface area contributed by atoms with Gasteiger partial charge in [0.2, 0.25) is 15.9 Å². The van der Waals surface area contributed by atoms with Gasteiger partial charge in [-0.05, 0) is 56.5 Å². The second-order valence-electron chi connectivity index (χ2n) is 10.8. The number of morpholine rings is 1. The Labute approximate surface area is 241 Å². The van der Waals surface area contributed by atoms with E-state index in [2.05, 4.69) is 14.9 Å². The van der Waals surface area contributed by atoms with Crippen LogP contribution in [0, 0.1) is 6.92 Å². The van der Waals surface area contributed by atoms with Crippen molar-refractivity contribution in [1.29, 1.82) is 0 Å². The predicted octanol–water partition coefficient (Wildman–Crippen LogP) is 3.78. The lowest BCUT2D eigenvalue weighted by Gasteiger charge is -2.33. The van der Waals surface area contributed by atoms with Crippen LogP contribution in [0.2, 0.25) is 0 Å². The number of fused-ring (bicyclic) bond motifs is 1. The fourth-order valence-electron chi connectivity index (χ4n) is 5.60. The predicted molar refractivity (Wildman–Crippen MR) is 159 cm³/mol. The fraction of sp³-hybridized carbons (Fsp3) is 0.419. The van der Waals surface area contributed by atoms with Gasteiger partial charge in [-0.25, -0.2) is 13.1 Å². The van der Waals surface area contributed by atoms with Gasteiger partial charge < -0.3 is 15.0 Å². The molecule has 0 aromatic heterocycles. The first-order chi connectivity index (χ1) is 19.8. The molecule has 0 spiro atoms. The average Bonchev–Trinajstić information content (AvgIpc) is 2.98. The van der Waals surface area contributed by atoms with E-state index in [1.165, 1.54) is 0 Å². The van der Waals surface area contributed by atoms with Gasteiger partial charge in [-0.2, -0.15) is 0 Å². The zero-order chi connectivity index (χ0) is 28.8. The Kier molecular flexibility index (Phi) is 9.34. The van der Waals surface area contributed by atoms with Crippen molar-refractivity contribution in [2.75, 3.05) is 51.3 Å². The summed E-state index contributed by atoms with van der Waals surface area (Å²) in [5, 5.41) is 4.14. The van der Waals surface area contributed by atoms with Crippen LogP contribution in [0.15, 0.2) is 65.6 Å². The van der Waals surface area contributed by atoms with Crippen LogP contribution in [-0.2, 0) is 19.6 Å². The first-order valence-electron chi connectivity index (χ1n) is 14.3. The molecule has 2 fully saturated rings. The molecule has 3 aromatic rings. The standard InChI is InChI=1S/C31H38N4O5S/c1-23-7-2-3-8-25(23)31(37)32-28-12-13-29(27-10-5-4-9-26(27)28)41(38,39)33-24-14-17-35(18-15-24)30(36)11-6-16-34-19-21-40-22-20-34/h2-5,7-10,12-13,24,33H,6,11,14-22H2,1H3,(H,32,37). The van der Waals surface area contributed by atoms with Gasteiger partial charge in [0.05, 0.1) is 18.1 Å². The van der Waals surface area contributed by atoms with E-state index in [-0.39, 0.29) is 22.8 Å². The van der Waals surface area contributed by atoms with Gasteiger partial charge in [0, 0.05) is 60.7 Å². The van der Waals surface area contributed by atoms with Crippen molar-refractivity contribution in [3.8, 4) is 0 Å². The first kappa shape index (κ1) is 29.2. The van der Waals surface area contributed by atoms with Crippen molar-refractivity contribution < 1.29 is 22.7 Å². The molecule has 2 N–H and O–H groups in total. The molecular weight excluding hydrogens is 540 g/mol. The van der Waals surface area contributed by atoms with Crippen LogP contribution in [-0.4, -0.2) is 82.0 Å². The van der Waals surface area contributed by atoms with Crippen molar-refractivity contribution in [2.45, 2.75) is 43.5 Å². The third-order valence-electron chi connectivity index (χ3n) is 7.95. The zero-order valence-corrected chi connectivity index (χ0v) is 24.3. The van der Waals surface area contributed by atoms with Crippen LogP contribution in [0.3, 0.4) is 0 Å². The normalized spacial score (nSPS) is 17.0. The van der Waals surface area contributed by atoms with E-state index < -0.39 is 10.0 Å². The molecule has 0 unspecified atom stereocenters. The highest BCUT2D eigenvalue weighted by atomic mass is 32.2. The maximum Gasteiger partial charge on any atom is 0.255 e. The number of likely N-dealkylation sites (tertiary alicyclic amines) is 1. The number of hydrogen-bond donors (Lipinski definition) is 2. The monoisotopic (exact) mass is 578 g/mol. The Morgan fingerprint density at radius 2 is 1.59 bits per heavy atom. The summed E-state index contributed by atoms with van der Waals surface area (Å²) in [5.74, 6) is -0.113. The summed E-state index contributed by atoms with van der Waals surface area (Å²) < 4.78 is 35.3. The molecule has 0 aliphatic carbocycles. The summed E-state index contributed by atoms with van der Waals surface area (Å²) in [6, 6.07) is 17.4. The molecule has 10 heteroatoms. The number of anilines is 1. The molecule has 2 heterocycles. The number of aryl methyl sites for hydroxylation is 1. The number of rotatable bonds is 9.